The average molecular weight is 295 g/mol. The summed E-state index contributed by atoms with van der Waals surface area (Å²) < 4.78 is 26.3. The molecule has 0 aliphatic heterocycles. The van der Waals surface area contributed by atoms with Crippen LogP contribution in [0.25, 0.3) is 16.8 Å². The van der Waals surface area contributed by atoms with Crippen LogP contribution in [0.15, 0.2) is 60.9 Å². The largest absolute Gasteiger partial charge is 0.289 e. The molecule has 4 heteroatoms. The van der Waals surface area contributed by atoms with Gasteiger partial charge in [-0.15, -0.1) is 0 Å². The number of benzene rings is 2. The Kier molecular flexibility index (Phi) is 3.74. The van der Waals surface area contributed by atoms with Gasteiger partial charge in [0, 0.05) is 35.0 Å². The van der Waals surface area contributed by atoms with E-state index in [0.29, 0.717) is 0 Å². The number of hydrogen-bond donors (Lipinski definition) is 0. The first-order valence-corrected chi connectivity index (χ1v) is 6.65. The number of rotatable bonds is 3. The second kappa shape index (κ2) is 5.85. The first kappa shape index (κ1) is 14.1. The first-order chi connectivity index (χ1) is 10.6. The molecule has 0 unspecified atom stereocenters. The van der Waals surface area contributed by atoms with Crippen LogP contribution in [0.2, 0.25) is 0 Å². The van der Waals surface area contributed by atoms with Gasteiger partial charge in [0.1, 0.15) is 11.6 Å². The molecule has 0 fully saturated rings. The van der Waals surface area contributed by atoms with Crippen molar-refractivity contribution in [1.29, 1.82) is 0 Å². The number of halogens is 2. The summed E-state index contributed by atoms with van der Waals surface area (Å²) in [6.07, 6.45) is 6.26. The van der Waals surface area contributed by atoms with Crippen molar-refractivity contribution in [2.45, 2.75) is 0 Å². The molecule has 2 aromatic carbocycles. The summed E-state index contributed by atoms with van der Waals surface area (Å²) in [5.41, 5.74) is 0.741. The number of carbonyl (C=O) groups is 1. The molecule has 108 valence electrons. The fourth-order valence-electron chi connectivity index (χ4n) is 2.23. The maximum absolute atomic E-state index is 13.1. The zero-order valence-corrected chi connectivity index (χ0v) is 11.5. The molecule has 2 nitrogen and oxygen atoms in total. The van der Waals surface area contributed by atoms with Crippen molar-refractivity contribution in [3.8, 4) is 0 Å². The fourth-order valence-corrected chi connectivity index (χ4v) is 2.23. The smallest absolute Gasteiger partial charge is 0.186 e. The number of carbonyl (C=O) groups excluding carboxylic acids is 1. The number of pyridine rings is 1. The Morgan fingerprint density at radius 2 is 1.73 bits per heavy atom. The lowest BCUT2D eigenvalue weighted by atomic mass is 10.1. The summed E-state index contributed by atoms with van der Waals surface area (Å²) in [5.74, 6) is -2.02. The molecule has 1 aromatic heterocycles. The summed E-state index contributed by atoms with van der Waals surface area (Å²) in [4.78, 5) is 16.1. The Morgan fingerprint density at radius 1 is 1.00 bits per heavy atom. The Morgan fingerprint density at radius 3 is 2.50 bits per heavy atom. The van der Waals surface area contributed by atoms with E-state index in [1.807, 2.05) is 24.3 Å². The van der Waals surface area contributed by atoms with Crippen LogP contribution in [0.5, 0.6) is 0 Å². The lowest BCUT2D eigenvalue weighted by Crippen LogP contribution is -1.96. The van der Waals surface area contributed by atoms with E-state index in [1.54, 1.807) is 18.5 Å². The highest BCUT2D eigenvalue weighted by molar-refractivity contribution is 6.07. The number of hydrogen-bond acceptors (Lipinski definition) is 2. The molecule has 0 saturated carbocycles. The number of fused-ring (bicyclic) bond motifs is 1. The van der Waals surface area contributed by atoms with Gasteiger partial charge in [-0.05, 0) is 29.7 Å². The normalized spacial score (nSPS) is 11.2. The Balaban J connectivity index is 1.94. The van der Waals surface area contributed by atoms with E-state index in [2.05, 4.69) is 4.98 Å². The summed E-state index contributed by atoms with van der Waals surface area (Å²) in [6.45, 7) is 0. The zero-order chi connectivity index (χ0) is 15.5. The Labute approximate surface area is 125 Å². The second-order valence-electron chi connectivity index (χ2n) is 4.81. The zero-order valence-electron chi connectivity index (χ0n) is 11.5. The molecule has 0 aliphatic carbocycles. The van der Waals surface area contributed by atoms with Gasteiger partial charge in [-0.1, -0.05) is 24.3 Å². The van der Waals surface area contributed by atoms with Crippen LogP contribution in [0.3, 0.4) is 0 Å². The van der Waals surface area contributed by atoms with Crippen LogP contribution in [0, 0.1) is 11.6 Å². The summed E-state index contributed by atoms with van der Waals surface area (Å²) in [5, 5.41) is 1.90. The van der Waals surface area contributed by atoms with Gasteiger partial charge in [0.05, 0.1) is 0 Å². The molecule has 0 amide bonds. The fraction of sp³-hybridized carbons (Fsp3) is 0. The van der Waals surface area contributed by atoms with Gasteiger partial charge in [-0.2, -0.15) is 0 Å². The van der Waals surface area contributed by atoms with E-state index in [1.165, 1.54) is 6.08 Å². The van der Waals surface area contributed by atoms with Gasteiger partial charge >= 0.3 is 0 Å². The monoisotopic (exact) mass is 295 g/mol. The third-order valence-electron chi connectivity index (χ3n) is 3.26. The van der Waals surface area contributed by atoms with E-state index in [0.717, 1.165) is 34.5 Å². The van der Waals surface area contributed by atoms with Crippen molar-refractivity contribution < 1.29 is 13.6 Å². The number of allylic oxidation sites excluding steroid dienone is 1. The Hall–Kier alpha value is -2.88. The van der Waals surface area contributed by atoms with E-state index in [4.69, 9.17) is 0 Å². The quantitative estimate of drug-likeness (QED) is 0.529. The van der Waals surface area contributed by atoms with Crippen molar-refractivity contribution in [3.05, 3.63) is 83.7 Å². The summed E-state index contributed by atoms with van der Waals surface area (Å²) in [7, 11) is 0. The minimum Gasteiger partial charge on any atom is -0.289 e. The average Bonchev–Trinajstić information content (AvgIpc) is 2.51. The summed E-state index contributed by atoms with van der Waals surface area (Å²) in [6, 6.07) is 10.4. The van der Waals surface area contributed by atoms with Crippen molar-refractivity contribution in [2.75, 3.05) is 0 Å². The first-order valence-electron chi connectivity index (χ1n) is 6.65. The number of aromatic nitrogens is 1. The minimum atomic E-state index is -0.774. The van der Waals surface area contributed by atoms with E-state index in [-0.39, 0.29) is 5.56 Å². The third-order valence-corrected chi connectivity index (χ3v) is 3.26. The van der Waals surface area contributed by atoms with E-state index < -0.39 is 17.4 Å². The predicted molar refractivity (Wildman–Crippen MR) is 81.5 cm³/mol. The molecule has 0 radical (unpaired) electrons. The van der Waals surface area contributed by atoms with Crippen LogP contribution in [0.4, 0.5) is 8.78 Å². The number of nitrogens with zero attached hydrogens (tertiary/aromatic N) is 1. The highest BCUT2D eigenvalue weighted by Gasteiger charge is 2.06. The van der Waals surface area contributed by atoms with Gasteiger partial charge in [0.25, 0.3) is 0 Å². The number of ketones is 1. The minimum absolute atomic E-state index is 0.0260. The molecule has 0 spiro atoms. The SMILES string of the molecule is O=C(/C=C/c1cncc2ccccc12)c1cc(F)cc(F)c1. The maximum atomic E-state index is 13.1. The van der Waals surface area contributed by atoms with Gasteiger partial charge in [0.15, 0.2) is 5.78 Å². The van der Waals surface area contributed by atoms with Crippen LogP contribution in [-0.2, 0) is 0 Å². The molecule has 1 heterocycles. The molecule has 0 N–H and O–H groups in total. The predicted octanol–water partition coefficient (Wildman–Crippen LogP) is 4.41. The van der Waals surface area contributed by atoms with Crippen molar-refractivity contribution >= 4 is 22.6 Å². The van der Waals surface area contributed by atoms with Gasteiger partial charge in [-0.25, -0.2) is 8.78 Å². The topological polar surface area (TPSA) is 30.0 Å². The lowest BCUT2D eigenvalue weighted by molar-refractivity contribution is 0.104. The van der Waals surface area contributed by atoms with Crippen molar-refractivity contribution in [1.82, 2.24) is 4.98 Å². The molecule has 0 atom stereocenters. The maximum Gasteiger partial charge on any atom is 0.186 e. The molecular weight excluding hydrogens is 284 g/mol. The van der Waals surface area contributed by atoms with Gasteiger partial charge < -0.3 is 0 Å². The third kappa shape index (κ3) is 2.91. The van der Waals surface area contributed by atoms with Crippen LogP contribution in [-0.4, -0.2) is 10.8 Å². The van der Waals surface area contributed by atoms with E-state index >= 15 is 0 Å². The molecule has 3 aromatic rings. The highest BCUT2D eigenvalue weighted by Crippen LogP contribution is 2.18. The van der Waals surface area contributed by atoms with E-state index in [9.17, 15) is 13.6 Å². The van der Waals surface area contributed by atoms with Crippen molar-refractivity contribution in [3.63, 3.8) is 0 Å². The van der Waals surface area contributed by atoms with Gasteiger partial charge in [0.2, 0.25) is 0 Å². The lowest BCUT2D eigenvalue weighted by Gasteiger charge is -2.01. The van der Waals surface area contributed by atoms with Gasteiger partial charge in [-0.3, -0.25) is 9.78 Å². The molecular formula is C18H11F2NO. The Bertz CT molecular complexity index is 862. The molecule has 22 heavy (non-hydrogen) atoms. The molecule has 0 saturated heterocycles. The van der Waals surface area contributed by atoms with Crippen molar-refractivity contribution in [2.24, 2.45) is 0 Å². The van der Waals surface area contributed by atoms with Crippen LogP contribution in [0.1, 0.15) is 15.9 Å². The molecule has 0 bridgehead atoms. The second-order valence-corrected chi connectivity index (χ2v) is 4.81. The molecule has 3 rings (SSSR count). The summed E-state index contributed by atoms with van der Waals surface area (Å²) >= 11 is 0. The van der Waals surface area contributed by atoms with Crippen LogP contribution >= 0.6 is 0 Å². The highest BCUT2D eigenvalue weighted by atomic mass is 19.1. The standard InChI is InChI=1S/C18H11F2NO/c19-15-7-14(8-16(20)9-15)18(22)6-5-13-11-21-10-12-3-1-2-4-17(12)13/h1-11H/b6-5+. The van der Waals surface area contributed by atoms with Crippen LogP contribution < -0.4 is 0 Å². The molecule has 0 aliphatic rings.